The minimum Gasteiger partial charge on any atom is -0.272 e. The fourth-order valence-electron chi connectivity index (χ4n) is 3.16. The van der Waals surface area contributed by atoms with Crippen LogP contribution in [0.4, 0.5) is 0 Å². The van der Waals surface area contributed by atoms with Crippen molar-refractivity contribution in [1.82, 2.24) is 15.0 Å². The lowest BCUT2D eigenvalue weighted by Crippen LogP contribution is -2.24. The SMILES string of the molecule is Cc1ccccc1-n1c(SCC(=O)N/N=C/c2cccc(Br)c2)nc2ccccc2c1=O. The van der Waals surface area contributed by atoms with Gasteiger partial charge >= 0.3 is 0 Å². The van der Waals surface area contributed by atoms with Gasteiger partial charge < -0.3 is 0 Å². The quantitative estimate of drug-likeness (QED) is 0.178. The molecule has 0 unspecified atom stereocenters. The topological polar surface area (TPSA) is 76.3 Å². The number of benzene rings is 3. The van der Waals surface area contributed by atoms with Gasteiger partial charge in [0.2, 0.25) is 0 Å². The molecule has 160 valence electrons. The molecule has 32 heavy (non-hydrogen) atoms. The van der Waals surface area contributed by atoms with Crippen molar-refractivity contribution < 1.29 is 4.79 Å². The normalized spacial score (nSPS) is 11.2. The molecule has 1 aromatic heterocycles. The van der Waals surface area contributed by atoms with E-state index < -0.39 is 0 Å². The molecule has 0 bridgehead atoms. The third kappa shape index (κ3) is 4.98. The molecule has 3 aromatic carbocycles. The van der Waals surface area contributed by atoms with Gasteiger partial charge in [0.25, 0.3) is 11.5 Å². The molecule has 0 fully saturated rings. The number of fused-ring (bicyclic) bond motifs is 1. The number of para-hydroxylation sites is 2. The summed E-state index contributed by atoms with van der Waals surface area (Å²) in [5.41, 5.74) is 5.49. The molecule has 0 spiro atoms. The van der Waals surface area contributed by atoms with E-state index in [1.165, 1.54) is 11.8 Å². The number of carbonyl (C=O) groups excluding carboxylic acids is 1. The summed E-state index contributed by atoms with van der Waals surface area (Å²) >= 11 is 4.60. The van der Waals surface area contributed by atoms with E-state index in [9.17, 15) is 9.59 Å². The largest absolute Gasteiger partial charge is 0.272 e. The molecule has 0 aliphatic rings. The number of aryl methyl sites for hydroxylation is 1. The van der Waals surface area contributed by atoms with Crippen molar-refractivity contribution in [2.45, 2.75) is 12.1 Å². The van der Waals surface area contributed by atoms with Gasteiger partial charge in [0.1, 0.15) is 0 Å². The van der Waals surface area contributed by atoms with Crippen LogP contribution in [0.15, 0.2) is 92.3 Å². The molecule has 8 heteroatoms. The maximum absolute atomic E-state index is 13.3. The Balaban J connectivity index is 1.58. The third-order valence-electron chi connectivity index (χ3n) is 4.69. The molecule has 0 saturated heterocycles. The number of hydrazone groups is 1. The molecule has 4 rings (SSSR count). The zero-order valence-corrected chi connectivity index (χ0v) is 19.6. The first kappa shape index (κ1) is 22.0. The first-order chi connectivity index (χ1) is 15.5. The van der Waals surface area contributed by atoms with Crippen molar-refractivity contribution >= 4 is 50.7 Å². The lowest BCUT2D eigenvalue weighted by molar-refractivity contribution is -0.118. The highest BCUT2D eigenvalue weighted by Gasteiger charge is 2.15. The maximum atomic E-state index is 13.3. The summed E-state index contributed by atoms with van der Waals surface area (Å²) < 4.78 is 2.50. The standard InChI is InChI=1S/C24H19BrN4O2S/c1-16-7-2-5-12-21(16)29-23(31)19-10-3-4-11-20(19)27-24(29)32-15-22(30)28-26-14-17-8-6-9-18(25)13-17/h2-14H,15H2,1H3,(H,28,30)/b26-14+. The lowest BCUT2D eigenvalue weighted by atomic mass is 10.2. The second-order valence-corrected chi connectivity index (χ2v) is 8.83. The van der Waals surface area contributed by atoms with Crippen LogP contribution >= 0.6 is 27.7 Å². The van der Waals surface area contributed by atoms with Gasteiger partial charge in [-0.2, -0.15) is 5.10 Å². The van der Waals surface area contributed by atoms with Crippen molar-refractivity contribution in [3.8, 4) is 5.69 Å². The summed E-state index contributed by atoms with van der Waals surface area (Å²) in [4.78, 5) is 30.3. The highest BCUT2D eigenvalue weighted by Crippen LogP contribution is 2.23. The molecule has 0 saturated carbocycles. The second kappa shape index (κ2) is 9.93. The van der Waals surface area contributed by atoms with Crippen LogP contribution in [0.5, 0.6) is 0 Å². The van der Waals surface area contributed by atoms with Crippen molar-refractivity contribution in [3.63, 3.8) is 0 Å². The Morgan fingerprint density at radius 3 is 2.72 bits per heavy atom. The van der Waals surface area contributed by atoms with Crippen LogP contribution in [-0.4, -0.2) is 27.4 Å². The molecule has 4 aromatic rings. The molecular formula is C24H19BrN4O2S. The van der Waals surface area contributed by atoms with Crippen molar-refractivity contribution in [2.75, 3.05) is 5.75 Å². The highest BCUT2D eigenvalue weighted by molar-refractivity contribution is 9.10. The lowest BCUT2D eigenvalue weighted by Gasteiger charge is -2.14. The molecule has 1 N–H and O–H groups in total. The highest BCUT2D eigenvalue weighted by atomic mass is 79.9. The van der Waals surface area contributed by atoms with E-state index in [-0.39, 0.29) is 17.2 Å². The van der Waals surface area contributed by atoms with E-state index in [4.69, 9.17) is 0 Å². The van der Waals surface area contributed by atoms with Gasteiger partial charge in [0.05, 0.1) is 28.6 Å². The average molecular weight is 507 g/mol. The Morgan fingerprint density at radius 2 is 1.91 bits per heavy atom. The number of nitrogens with zero attached hydrogens (tertiary/aromatic N) is 3. The Kier molecular flexibility index (Phi) is 6.82. The van der Waals surface area contributed by atoms with Crippen LogP contribution in [0.25, 0.3) is 16.6 Å². The number of halogens is 1. The summed E-state index contributed by atoms with van der Waals surface area (Å²) in [6.45, 7) is 1.94. The first-order valence-corrected chi connectivity index (χ1v) is 11.6. The van der Waals surface area contributed by atoms with Gasteiger partial charge in [-0.05, 0) is 48.4 Å². The van der Waals surface area contributed by atoms with Crippen LogP contribution in [0.3, 0.4) is 0 Å². The molecule has 6 nitrogen and oxygen atoms in total. The van der Waals surface area contributed by atoms with Gasteiger partial charge in [-0.15, -0.1) is 0 Å². The number of aromatic nitrogens is 2. The van der Waals surface area contributed by atoms with Crippen LogP contribution in [0.1, 0.15) is 11.1 Å². The second-order valence-electron chi connectivity index (χ2n) is 6.98. The number of nitrogens with one attached hydrogen (secondary N) is 1. The summed E-state index contributed by atoms with van der Waals surface area (Å²) in [5, 5.41) is 4.99. The Labute approximate surface area is 197 Å². The summed E-state index contributed by atoms with van der Waals surface area (Å²) in [7, 11) is 0. The predicted molar refractivity (Wildman–Crippen MR) is 133 cm³/mol. The van der Waals surface area contributed by atoms with Gasteiger partial charge in [0.15, 0.2) is 5.16 Å². The molecule has 0 aliphatic carbocycles. The fraction of sp³-hybridized carbons (Fsp3) is 0.0833. The fourth-order valence-corrected chi connectivity index (χ4v) is 4.38. The van der Waals surface area contributed by atoms with Crippen molar-refractivity contribution in [2.24, 2.45) is 5.10 Å². The van der Waals surface area contributed by atoms with Crippen LogP contribution < -0.4 is 11.0 Å². The minimum absolute atomic E-state index is 0.0620. The van der Waals surface area contributed by atoms with E-state index in [1.54, 1.807) is 22.9 Å². The monoisotopic (exact) mass is 506 g/mol. The predicted octanol–water partition coefficient (Wildman–Crippen LogP) is 4.70. The Bertz CT molecular complexity index is 1380. The summed E-state index contributed by atoms with van der Waals surface area (Å²) in [5.74, 6) is -0.230. The summed E-state index contributed by atoms with van der Waals surface area (Å²) in [6, 6.07) is 22.4. The number of rotatable bonds is 6. The third-order valence-corrected chi connectivity index (χ3v) is 6.12. The van der Waals surface area contributed by atoms with Crippen LogP contribution in [-0.2, 0) is 4.79 Å². The zero-order chi connectivity index (χ0) is 22.5. The van der Waals surface area contributed by atoms with Crippen molar-refractivity contribution in [1.29, 1.82) is 0 Å². The molecule has 0 atom stereocenters. The Hall–Kier alpha value is -3.23. The number of carbonyl (C=O) groups is 1. The smallest absolute Gasteiger partial charge is 0.266 e. The average Bonchev–Trinajstić information content (AvgIpc) is 2.79. The van der Waals surface area contributed by atoms with E-state index >= 15 is 0 Å². The van der Waals surface area contributed by atoms with Gasteiger partial charge in [-0.25, -0.2) is 10.4 Å². The first-order valence-electron chi connectivity index (χ1n) is 9.81. The number of hydrogen-bond donors (Lipinski definition) is 1. The maximum Gasteiger partial charge on any atom is 0.266 e. The van der Waals surface area contributed by atoms with E-state index in [1.807, 2.05) is 67.6 Å². The molecule has 1 heterocycles. The number of thioether (sulfide) groups is 1. The van der Waals surface area contributed by atoms with E-state index in [0.717, 1.165) is 21.3 Å². The minimum atomic E-state index is -0.292. The van der Waals surface area contributed by atoms with Crippen molar-refractivity contribution in [3.05, 3.63) is 98.7 Å². The van der Waals surface area contributed by atoms with E-state index in [0.29, 0.717) is 16.1 Å². The van der Waals surface area contributed by atoms with Gasteiger partial charge in [-0.1, -0.05) is 70.2 Å². The molecule has 0 radical (unpaired) electrons. The van der Waals surface area contributed by atoms with E-state index in [2.05, 4.69) is 31.4 Å². The van der Waals surface area contributed by atoms with Gasteiger partial charge in [-0.3, -0.25) is 14.2 Å². The van der Waals surface area contributed by atoms with Crippen LogP contribution in [0, 0.1) is 6.92 Å². The Morgan fingerprint density at radius 1 is 1.12 bits per heavy atom. The summed E-state index contributed by atoms with van der Waals surface area (Å²) in [6.07, 6.45) is 1.57. The number of amides is 1. The van der Waals surface area contributed by atoms with Crippen LogP contribution in [0.2, 0.25) is 0 Å². The zero-order valence-electron chi connectivity index (χ0n) is 17.2. The molecular weight excluding hydrogens is 488 g/mol. The molecule has 0 aliphatic heterocycles. The molecule has 1 amide bonds. The van der Waals surface area contributed by atoms with Gasteiger partial charge in [0, 0.05) is 4.47 Å². The number of hydrogen-bond acceptors (Lipinski definition) is 5.